The molecule has 0 aromatic heterocycles. The Morgan fingerprint density at radius 2 is 1.84 bits per heavy atom. The summed E-state index contributed by atoms with van der Waals surface area (Å²) in [4.78, 5) is 12.2. The van der Waals surface area contributed by atoms with Crippen molar-refractivity contribution in [1.29, 1.82) is 0 Å². The summed E-state index contributed by atoms with van der Waals surface area (Å²) in [7, 11) is -3.38. The minimum atomic E-state index is -3.38. The standard InChI is InChI=1S/C18H22N2O4S/c1-2-13-25(22,23)20-16-8-6-7-15(14-16)18(21)19-11-12-24-17-9-4-3-5-10-17/h3-10,14,20H,2,11-13H2,1H3,(H,19,21). The predicted octanol–water partition coefficient (Wildman–Crippen LogP) is 2.65. The van der Waals surface area contributed by atoms with E-state index in [4.69, 9.17) is 4.74 Å². The van der Waals surface area contributed by atoms with Crippen molar-refractivity contribution in [2.45, 2.75) is 13.3 Å². The number of carbonyl (C=O) groups excluding carboxylic acids is 1. The number of ether oxygens (including phenoxy) is 1. The molecule has 0 aliphatic rings. The molecule has 0 unspecified atom stereocenters. The predicted molar refractivity (Wildman–Crippen MR) is 98.4 cm³/mol. The minimum Gasteiger partial charge on any atom is -0.492 e. The average Bonchev–Trinajstić information content (AvgIpc) is 2.59. The molecule has 25 heavy (non-hydrogen) atoms. The van der Waals surface area contributed by atoms with Gasteiger partial charge in [0.2, 0.25) is 10.0 Å². The zero-order valence-corrected chi connectivity index (χ0v) is 14.9. The van der Waals surface area contributed by atoms with Gasteiger partial charge in [0.15, 0.2) is 0 Å². The van der Waals surface area contributed by atoms with Crippen LogP contribution in [0.25, 0.3) is 0 Å². The van der Waals surface area contributed by atoms with Crippen molar-refractivity contribution in [2.75, 3.05) is 23.6 Å². The maximum absolute atomic E-state index is 12.2. The fourth-order valence-electron chi connectivity index (χ4n) is 2.18. The van der Waals surface area contributed by atoms with Crippen molar-refractivity contribution in [3.05, 3.63) is 60.2 Å². The van der Waals surface area contributed by atoms with Gasteiger partial charge < -0.3 is 10.1 Å². The second-order valence-electron chi connectivity index (χ2n) is 5.42. The van der Waals surface area contributed by atoms with Crippen LogP contribution >= 0.6 is 0 Å². The van der Waals surface area contributed by atoms with Crippen LogP contribution in [0.3, 0.4) is 0 Å². The largest absolute Gasteiger partial charge is 0.492 e. The Hall–Kier alpha value is -2.54. The van der Waals surface area contributed by atoms with E-state index in [-0.39, 0.29) is 11.7 Å². The number of hydrogen-bond donors (Lipinski definition) is 2. The van der Waals surface area contributed by atoms with Crippen LogP contribution in [0.4, 0.5) is 5.69 Å². The minimum absolute atomic E-state index is 0.0419. The molecule has 0 radical (unpaired) electrons. The highest BCUT2D eigenvalue weighted by Crippen LogP contribution is 2.13. The molecule has 0 spiro atoms. The quantitative estimate of drug-likeness (QED) is 0.672. The van der Waals surface area contributed by atoms with Crippen LogP contribution in [0.15, 0.2) is 54.6 Å². The van der Waals surface area contributed by atoms with E-state index in [2.05, 4.69) is 10.0 Å². The van der Waals surface area contributed by atoms with Crippen molar-refractivity contribution in [1.82, 2.24) is 5.32 Å². The molecule has 2 aromatic carbocycles. The van der Waals surface area contributed by atoms with Gasteiger partial charge in [0.1, 0.15) is 12.4 Å². The Balaban J connectivity index is 1.86. The van der Waals surface area contributed by atoms with E-state index in [0.717, 1.165) is 5.75 Å². The van der Waals surface area contributed by atoms with E-state index in [1.165, 1.54) is 6.07 Å². The van der Waals surface area contributed by atoms with Crippen LogP contribution in [-0.4, -0.2) is 33.2 Å². The summed E-state index contributed by atoms with van der Waals surface area (Å²) in [6.07, 6.45) is 0.525. The zero-order chi connectivity index (χ0) is 18.1. The van der Waals surface area contributed by atoms with Crippen LogP contribution in [-0.2, 0) is 10.0 Å². The van der Waals surface area contributed by atoms with Crippen molar-refractivity contribution in [3.63, 3.8) is 0 Å². The summed E-state index contributed by atoms with van der Waals surface area (Å²) in [6.45, 7) is 2.48. The second kappa shape index (κ2) is 9.08. The van der Waals surface area contributed by atoms with E-state index >= 15 is 0 Å². The Morgan fingerprint density at radius 1 is 1.08 bits per heavy atom. The topological polar surface area (TPSA) is 84.5 Å². The Morgan fingerprint density at radius 3 is 2.56 bits per heavy atom. The van der Waals surface area contributed by atoms with Crippen LogP contribution in [0, 0.1) is 0 Å². The molecule has 1 amide bonds. The van der Waals surface area contributed by atoms with Crippen LogP contribution < -0.4 is 14.8 Å². The Labute approximate surface area is 148 Å². The second-order valence-corrected chi connectivity index (χ2v) is 7.26. The summed E-state index contributed by atoms with van der Waals surface area (Å²) in [5.74, 6) is 0.498. The molecule has 0 saturated heterocycles. The number of nitrogens with one attached hydrogen (secondary N) is 2. The fraction of sp³-hybridized carbons (Fsp3) is 0.278. The van der Waals surface area contributed by atoms with Gasteiger partial charge in [-0.1, -0.05) is 31.2 Å². The maximum Gasteiger partial charge on any atom is 0.251 e. The molecule has 7 heteroatoms. The number of rotatable bonds is 9. The first-order valence-corrected chi connectivity index (χ1v) is 9.72. The summed E-state index contributed by atoms with van der Waals surface area (Å²) >= 11 is 0. The Kier molecular flexibility index (Phi) is 6.82. The van der Waals surface area contributed by atoms with Crippen LogP contribution in [0.2, 0.25) is 0 Å². The zero-order valence-electron chi connectivity index (χ0n) is 14.1. The number of benzene rings is 2. The van der Waals surface area contributed by atoms with Gasteiger partial charge in [-0.25, -0.2) is 8.42 Å². The number of sulfonamides is 1. The fourth-order valence-corrected chi connectivity index (χ4v) is 3.30. The third kappa shape index (κ3) is 6.46. The van der Waals surface area contributed by atoms with E-state index in [1.54, 1.807) is 25.1 Å². The molecular formula is C18H22N2O4S. The molecule has 2 aromatic rings. The maximum atomic E-state index is 12.2. The lowest BCUT2D eigenvalue weighted by atomic mass is 10.2. The summed E-state index contributed by atoms with van der Waals surface area (Å²) in [5, 5.41) is 2.74. The lowest BCUT2D eigenvalue weighted by Crippen LogP contribution is -2.28. The first-order valence-electron chi connectivity index (χ1n) is 8.07. The molecule has 0 saturated carbocycles. The lowest BCUT2D eigenvalue weighted by molar-refractivity contribution is 0.0947. The molecule has 0 bridgehead atoms. The van der Waals surface area contributed by atoms with Crippen molar-refractivity contribution in [2.24, 2.45) is 0 Å². The number of carbonyl (C=O) groups is 1. The molecular weight excluding hydrogens is 340 g/mol. The number of amides is 1. The molecule has 2 rings (SSSR count). The highest BCUT2D eigenvalue weighted by Gasteiger charge is 2.11. The first-order chi connectivity index (χ1) is 12.0. The van der Waals surface area contributed by atoms with E-state index < -0.39 is 10.0 Å². The van der Waals surface area contributed by atoms with Gasteiger partial charge in [-0.2, -0.15) is 0 Å². The van der Waals surface area contributed by atoms with Crippen LogP contribution in [0.5, 0.6) is 5.75 Å². The van der Waals surface area contributed by atoms with Gasteiger partial charge in [0.05, 0.1) is 12.3 Å². The molecule has 0 aliphatic heterocycles. The van der Waals surface area contributed by atoms with Crippen LogP contribution in [0.1, 0.15) is 23.7 Å². The summed E-state index contributed by atoms with van der Waals surface area (Å²) in [6, 6.07) is 15.7. The number of hydrogen-bond acceptors (Lipinski definition) is 4. The van der Waals surface area contributed by atoms with Gasteiger partial charge in [0, 0.05) is 11.3 Å². The van der Waals surface area contributed by atoms with Gasteiger partial charge in [-0.15, -0.1) is 0 Å². The van der Waals surface area contributed by atoms with E-state index in [1.807, 2.05) is 30.3 Å². The summed E-state index contributed by atoms with van der Waals surface area (Å²) < 4.78 is 31.6. The van der Waals surface area contributed by atoms with Gasteiger partial charge in [-0.3, -0.25) is 9.52 Å². The number of anilines is 1. The normalized spacial score (nSPS) is 10.9. The van der Waals surface area contributed by atoms with Gasteiger partial charge in [0.25, 0.3) is 5.91 Å². The highest BCUT2D eigenvalue weighted by molar-refractivity contribution is 7.92. The van der Waals surface area contributed by atoms with Crippen molar-refractivity contribution >= 4 is 21.6 Å². The summed E-state index contributed by atoms with van der Waals surface area (Å²) in [5.41, 5.74) is 0.762. The van der Waals surface area contributed by atoms with Crippen molar-refractivity contribution in [3.8, 4) is 5.75 Å². The molecule has 2 N–H and O–H groups in total. The molecule has 0 fully saturated rings. The third-order valence-corrected chi connectivity index (χ3v) is 4.76. The lowest BCUT2D eigenvalue weighted by Gasteiger charge is -2.10. The van der Waals surface area contributed by atoms with Crippen molar-refractivity contribution < 1.29 is 17.9 Å². The molecule has 6 nitrogen and oxygen atoms in total. The van der Waals surface area contributed by atoms with E-state index in [0.29, 0.717) is 30.8 Å². The molecule has 0 aliphatic carbocycles. The highest BCUT2D eigenvalue weighted by atomic mass is 32.2. The monoisotopic (exact) mass is 362 g/mol. The third-order valence-electron chi connectivity index (χ3n) is 3.27. The van der Waals surface area contributed by atoms with E-state index in [9.17, 15) is 13.2 Å². The molecule has 0 heterocycles. The number of para-hydroxylation sites is 1. The molecule has 134 valence electrons. The van der Waals surface area contributed by atoms with Gasteiger partial charge in [-0.05, 0) is 36.8 Å². The molecule has 0 atom stereocenters. The first kappa shape index (κ1) is 18.8. The SMILES string of the molecule is CCCS(=O)(=O)Nc1cccc(C(=O)NCCOc2ccccc2)c1. The average molecular weight is 362 g/mol. The Bertz CT molecular complexity index is 792. The van der Waals surface area contributed by atoms with Gasteiger partial charge >= 0.3 is 0 Å². The smallest absolute Gasteiger partial charge is 0.251 e.